The van der Waals surface area contributed by atoms with Gasteiger partial charge in [-0.3, -0.25) is 4.79 Å². The molecule has 1 heterocycles. The van der Waals surface area contributed by atoms with Gasteiger partial charge in [-0.25, -0.2) is 18.1 Å². The van der Waals surface area contributed by atoms with Crippen LogP contribution in [0.25, 0.3) is 0 Å². The molecule has 0 unspecified atom stereocenters. The van der Waals surface area contributed by atoms with Gasteiger partial charge in [0, 0.05) is 19.3 Å². The SMILES string of the molecule is CCn1cnc(S(=O)(=O)NCC2(C(=O)O)CC2)c1. The minimum absolute atomic E-state index is 0.0782. The summed E-state index contributed by atoms with van der Waals surface area (Å²) in [4.78, 5) is 14.7. The maximum atomic E-state index is 11.9. The zero-order chi connectivity index (χ0) is 13.4. The second-order valence-electron chi connectivity index (χ2n) is 4.45. The van der Waals surface area contributed by atoms with Crippen LogP contribution in [0.15, 0.2) is 17.6 Å². The molecule has 2 N–H and O–H groups in total. The Morgan fingerprint density at radius 1 is 1.61 bits per heavy atom. The molecule has 1 aromatic heterocycles. The molecule has 0 aromatic carbocycles. The Labute approximate surface area is 105 Å². The molecule has 0 aliphatic heterocycles. The molecule has 8 heteroatoms. The molecule has 0 radical (unpaired) electrons. The largest absolute Gasteiger partial charge is 0.481 e. The van der Waals surface area contributed by atoms with Crippen molar-refractivity contribution in [1.82, 2.24) is 14.3 Å². The molecule has 0 amide bonds. The van der Waals surface area contributed by atoms with Crippen LogP contribution >= 0.6 is 0 Å². The molecule has 1 fully saturated rings. The van der Waals surface area contributed by atoms with E-state index in [4.69, 9.17) is 5.11 Å². The molecule has 7 nitrogen and oxygen atoms in total. The first kappa shape index (κ1) is 13.0. The van der Waals surface area contributed by atoms with Crippen molar-refractivity contribution < 1.29 is 18.3 Å². The van der Waals surface area contributed by atoms with Crippen molar-refractivity contribution >= 4 is 16.0 Å². The lowest BCUT2D eigenvalue weighted by Gasteiger charge is -2.10. The normalized spacial score (nSPS) is 17.6. The number of aromatic nitrogens is 2. The quantitative estimate of drug-likeness (QED) is 0.762. The summed E-state index contributed by atoms with van der Waals surface area (Å²) >= 11 is 0. The third-order valence-electron chi connectivity index (χ3n) is 3.16. The molecule has 18 heavy (non-hydrogen) atoms. The molecule has 0 saturated heterocycles. The first-order valence-corrected chi connectivity index (χ1v) is 7.13. The van der Waals surface area contributed by atoms with Gasteiger partial charge in [-0.2, -0.15) is 0 Å². The van der Waals surface area contributed by atoms with Crippen molar-refractivity contribution in [1.29, 1.82) is 0 Å². The first-order chi connectivity index (χ1) is 8.39. The summed E-state index contributed by atoms with van der Waals surface area (Å²) < 4.78 is 27.7. The van der Waals surface area contributed by atoms with E-state index in [1.165, 1.54) is 12.5 Å². The molecule has 2 rings (SSSR count). The number of hydrogen-bond acceptors (Lipinski definition) is 4. The minimum atomic E-state index is -3.72. The Kier molecular flexibility index (Phi) is 3.16. The standard InChI is InChI=1S/C10H15N3O4S/c1-2-13-5-8(11-7-13)18(16,17)12-6-10(3-4-10)9(14)15/h5,7,12H,2-4,6H2,1H3,(H,14,15). The number of aryl methyl sites for hydroxylation is 1. The van der Waals surface area contributed by atoms with Gasteiger partial charge in [0.05, 0.1) is 11.7 Å². The zero-order valence-electron chi connectivity index (χ0n) is 9.96. The molecule has 0 spiro atoms. The summed E-state index contributed by atoms with van der Waals surface area (Å²) in [5.41, 5.74) is -0.916. The first-order valence-electron chi connectivity index (χ1n) is 5.64. The van der Waals surface area contributed by atoms with Crippen molar-refractivity contribution in [3.8, 4) is 0 Å². The number of hydrogen-bond donors (Lipinski definition) is 2. The predicted molar refractivity (Wildman–Crippen MR) is 62.4 cm³/mol. The second-order valence-corrected chi connectivity index (χ2v) is 6.17. The highest BCUT2D eigenvalue weighted by atomic mass is 32.2. The molecule has 1 aromatic rings. The van der Waals surface area contributed by atoms with Crippen LogP contribution < -0.4 is 4.72 Å². The van der Waals surface area contributed by atoms with Gasteiger partial charge in [-0.05, 0) is 19.8 Å². The molecular formula is C10H15N3O4S. The number of rotatable bonds is 6. The van der Waals surface area contributed by atoms with Gasteiger partial charge < -0.3 is 9.67 Å². The number of carbonyl (C=O) groups is 1. The van der Waals surface area contributed by atoms with E-state index in [0.717, 1.165) is 0 Å². The fourth-order valence-electron chi connectivity index (χ4n) is 1.58. The van der Waals surface area contributed by atoms with Gasteiger partial charge in [-0.15, -0.1) is 0 Å². The van der Waals surface area contributed by atoms with E-state index in [1.54, 1.807) is 4.57 Å². The highest BCUT2D eigenvalue weighted by molar-refractivity contribution is 7.89. The van der Waals surface area contributed by atoms with Gasteiger partial charge >= 0.3 is 5.97 Å². The number of nitrogens with zero attached hydrogens (tertiary/aromatic N) is 2. The lowest BCUT2D eigenvalue weighted by molar-refractivity contribution is -0.143. The Balaban J connectivity index is 2.06. The van der Waals surface area contributed by atoms with Gasteiger partial charge in [0.15, 0.2) is 5.03 Å². The number of carboxylic acid groups (broad SMARTS) is 1. The van der Waals surface area contributed by atoms with Crippen LogP contribution in [0.5, 0.6) is 0 Å². The molecule has 100 valence electrons. The Morgan fingerprint density at radius 3 is 2.72 bits per heavy atom. The Hall–Kier alpha value is -1.41. The van der Waals surface area contributed by atoms with E-state index in [9.17, 15) is 13.2 Å². The van der Waals surface area contributed by atoms with Gasteiger partial charge in [0.1, 0.15) is 0 Å². The average molecular weight is 273 g/mol. The molecule has 0 bridgehead atoms. The number of aliphatic carboxylic acids is 1. The van der Waals surface area contributed by atoms with Crippen LogP contribution in [0.3, 0.4) is 0 Å². The highest BCUT2D eigenvalue weighted by Crippen LogP contribution is 2.45. The Bertz CT molecular complexity index is 559. The highest BCUT2D eigenvalue weighted by Gasteiger charge is 2.50. The van der Waals surface area contributed by atoms with E-state index < -0.39 is 21.4 Å². The molecular weight excluding hydrogens is 258 g/mol. The summed E-state index contributed by atoms with van der Waals surface area (Å²) in [5.74, 6) is -0.954. The number of carboxylic acids is 1. The van der Waals surface area contributed by atoms with Crippen LogP contribution in [-0.4, -0.2) is 35.6 Å². The number of sulfonamides is 1. The third-order valence-corrected chi connectivity index (χ3v) is 4.44. The molecule has 1 saturated carbocycles. The fraction of sp³-hybridized carbons (Fsp3) is 0.600. The zero-order valence-corrected chi connectivity index (χ0v) is 10.8. The second kappa shape index (κ2) is 4.36. The molecule has 0 atom stereocenters. The van der Waals surface area contributed by atoms with E-state index in [2.05, 4.69) is 9.71 Å². The monoisotopic (exact) mass is 273 g/mol. The molecule has 1 aliphatic rings. The maximum absolute atomic E-state index is 11.9. The van der Waals surface area contributed by atoms with E-state index in [0.29, 0.717) is 19.4 Å². The lowest BCUT2D eigenvalue weighted by atomic mass is 10.1. The summed E-state index contributed by atoms with van der Waals surface area (Å²) in [7, 11) is -3.72. The number of nitrogens with one attached hydrogen (secondary N) is 1. The topological polar surface area (TPSA) is 101 Å². The van der Waals surface area contributed by atoms with Crippen LogP contribution in [0.1, 0.15) is 19.8 Å². The van der Waals surface area contributed by atoms with Crippen molar-refractivity contribution in [2.45, 2.75) is 31.3 Å². The van der Waals surface area contributed by atoms with Crippen molar-refractivity contribution in [3.63, 3.8) is 0 Å². The summed E-state index contributed by atoms with van der Waals surface area (Å²) in [6.07, 6.45) is 3.86. The van der Waals surface area contributed by atoms with Gasteiger partial charge in [0.25, 0.3) is 10.0 Å². The number of imidazole rings is 1. The minimum Gasteiger partial charge on any atom is -0.481 e. The summed E-state index contributed by atoms with van der Waals surface area (Å²) in [6, 6.07) is 0. The molecule has 1 aliphatic carbocycles. The van der Waals surface area contributed by atoms with Crippen molar-refractivity contribution in [3.05, 3.63) is 12.5 Å². The van der Waals surface area contributed by atoms with Crippen LogP contribution in [0, 0.1) is 5.41 Å². The van der Waals surface area contributed by atoms with E-state index >= 15 is 0 Å². The Morgan fingerprint density at radius 2 is 2.28 bits per heavy atom. The van der Waals surface area contributed by atoms with E-state index in [1.807, 2.05) is 6.92 Å². The van der Waals surface area contributed by atoms with Crippen LogP contribution in [0.4, 0.5) is 0 Å². The lowest BCUT2D eigenvalue weighted by Crippen LogP contribution is -2.34. The van der Waals surface area contributed by atoms with Crippen LogP contribution in [-0.2, 0) is 21.4 Å². The van der Waals surface area contributed by atoms with Crippen molar-refractivity contribution in [2.75, 3.05) is 6.54 Å². The summed E-state index contributed by atoms with van der Waals surface area (Å²) in [5, 5.41) is 8.88. The van der Waals surface area contributed by atoms with Gasteiger partial charge in [-0.1, -0.05) is 0 Å². The predicted octanol–water partition coefficient (Wildman–Crippen LogP) is 0.0461. The summed E-state index contributed by atoms with van der Waals surface area (Å²) in [6.45, 7) is 2.42. The van der Waals surface area contributed by atoms with Crippen molar-refractivity contribution in [2.24, 2.45) is 5.41 Å². The maximum Gasteiger partial charge on any atom is 0.310 e. The van der Waals surface area contributed by atoms with Crippen LogP contribution in [0.2, 0.25) is 0 Å². The third kappa shape index (κ3) is 2.39. The van der Waals surface area contributed by atoms with Gasteiger partial charge in [0.2, 0.25) is 0 Å². The van der Waals surface area contributed by atoms with E-state index in [-0.39, 0.29) is 11.6 Å². The average Bonchev–Trinajstić information content (AvgIpc) is 2.96. The smallest absolute Gasteiger partial charge is 0.310 e. The fourth-order valence-corrected chi connectivity index (χ4v) is 2.65.